The number of nitrogens with zero attached hydrogens (tertiary/aromatic N) is 7. The predicted octanol–water partition coefficient (Wildman–Crippen LogP) is 2.97. The van der Waals surface area contributed by atoms with Gasteiger partial charge in [0.1, 0.15) is 6.33 Å². The van der Waals surface area contributed by atoms with E-state index in [0.29, 0.717) is 12.0 Å². The molecule has 4 aromatic heterocycles. The van der Waals surface area contributed by atoms with E-state index in [1.165, 1.54) is 0 Å². The summed E-state index contributed by atoms with van der Waals surface area (Å²) in [5.74, 6) is 0.543. The molecule has 0 aromatic carbocycles. The maximum Gasteiger partial charge on any atom is 0.229 e. The average molecular weight is 378 g/mol. The number of nitrogens with one attached hydrogen (secondary N) is 1. The van der Waals surface area contributed by atoms with Gasteiger partial charge in [0.15, 0.2) is 11.3 Å². The second-order valence-corrected chi connectivity index (χ2v) is 7.22. The highest BCUT2D eigenvalue weighted by molar-refractivity contribution is 5.79. The third-order valence-electron chi connectivity index (χ3n) is 5.27. The van der Waals surface area contributed by atoms with Gasteiger partial charge in [-0.2, -0.15) is 15.2 Å². The third kappa shape index (κ3) is 2.97. The number of pyridine rings is 1. The largest absolute Gasteiger partial charge is 0.381 e. The number of hydrogen-bond acceptors (Lipinski definition) is 7. The Hall–Kier alpha value is -3.07. The Bertz CT molecular complexity index is 1140. The minimum atomic E-state index is 0.301. The first kappa shape index (κ1) is 17.1. The summed E-state index contributed by atoms with van der Waals surface area (Å²) < 4.78 is 9.40. The van der Waals surface area contributed by atoms with Gasteiger partial charge in [-0.15, -0.1) is 0 Å². The summed E-state index contributed by atoms with van der Waals surface area (Å²) in [6, 6.07) is 2.28. The van der Waals surface area contributed by atoms with E-state index in [2.05, 4.69) is 25.1 Å². The number of fused-ring (bicyclic) bond motifs is 2. The highest BCUT2D eigenvalue weighted by Gasteiger charge is 2.20. The van der Waals surface area contributed by atoms with Gasteiger partial charge in [0.25, 0.3) is 0 Å². The van der Waals surface area contributed by atoms with Gasteiger partial charge in [0.2, 0.25) is 5.95 Å². The standard InChI is InChI=1S/C19H22N8O/c1-12-8-17-21-11-22-26(17)10-16(12)23-19-20-9-15-13(2)25-27(18(15)24-19)14-4-3-6-28-7-5-14/h8-11,14H,3-7H2,1-2H3,(H,20,23,24). The number of aromatic nitrogens is 7. The Morgan fingerprint density at radius 3 is 3.04 bits per heavy atom. The van der Waals surface area contributed by atoms with Crippen molar-refractivity contribution < 1.29 is 4.74 Å². The fourth-order valence-corrected chi connectivity index (χ4v) is 3.72. The minimum Gasteiger partial charge on any atom is -0.381 e. The zero-order valence-electron chi connectivity index (χ0n) is 16.0. The summed E-state index contributed by atoms with van der Waals surface area (Å²) in [5.41, 5.74) is 4.56. The van der Waals surface area contributed by atoms with Gasteiger partial charge in [-0.1, -0.05) is 0 Å². The molecule has 0 radical (unpaired) electrons. The van der Waals surface area contributed by atoms with E-state index in [4.69, 9.17) is 14.8 Å². The van der Waals surface area contributed by atoms with Crippen molar-refractivity contribution in [3.8, 4) is 0 Å². The van der Waals surface area contributed by atoms with Crippen LogP contribution >= 0.6 is 0 Å². The molecule has 1 aliphatic rings. The first-order valence-electron chi connectivity index (χ1n) is 9.55. The van der Waals surface area contributed by atoms with Crippen LogP contribution in [0.5, 0.6) is 0 Å². The van der Waals surface area contributed by atoms with Crippen molar-refractivity contribution in [1.82, 2.24) is 34.3 Å². The molecular weight excluding hydrogens is 356 g/mol. The molecule has 9 nitrogen and oxygen atoms in total. The highest BCUT2D eigenvalue weighted by Crippen LogP contribution is 2.27. The van der Waals surface area contributed by atoms with E-state index in [1.807, 2.05) is 32.3 Å². The minimum absolute atomic E-state index is 0.301. The maximum atomic E-state index is 5.61. The summed E-state index contributed by atoms with van der Waals surface area (Å²) >= 11 is 0. The lowest BCUT2D eigenvalue weighted by Crippen LogP contribution is -2.12. The zero-order chi connectivity index (χ0) is 19.1. The molecule has 144 valence electrons. The van der Waals surface area contributed by atoms with Crippen molar-refractivity contribution in [2.24, 2.45) is 0 Å². The van der Waals surface area contributed by atoms with Crippen molar-refractivity contribution in [2.75, 3.05) is 18.5 Å². The van der Waals surface area contributed by atoms with Crippen LogP contribution in [0.1, 0.15) is 36.6 Å². The average Bonchev–Trinajstić information content (AvgIpc) is 3.15. The SMILES string of the molecule is Cc1cc2ncnn2cc1Nc1ncc2c(C)nn(C3CCCOCC3)c2n1. The Morgan fingerprint density at radius 2 is 2.11 bits per heavy atom. The van der Waals surface area contributed by atoms with Crippen molar-refractivity contribution >= 4 is 28.3 Å². The van der Waals surface area contributed by atoms with Crippen molar-refractivity contribution in [1.29, 1.82) is 0 Å². The van der Waals surface area contributed by atoms with E-state index in [0.717, 1.165) is 66.1 Å². The van der Waals surface area contributed by atoms with E-state index in [9.17, 15) is 0 Å². The zero-order valence-corrected chi connectivity index (χ0v) is 16.0. The fourth-order valence-electron chi connectivity index (χ4n) is 3.72. The predicted molar refractivity (Wildman–Crippen MR) is 105 cm³/mol. The number of anilines is 2. The third-order valence-corrected chi connectivity index (χ3v) is 5.27. The van der Waals surface area contributed by atoms with Gasteiger partial charge in [-0.25, -0.2) is 19.2 Å². The lowest BCUT2D eigenvalue weighted by atomic mass is 10.1. The molecule has 5 rings (SSSR count). The van der Waals surface area contributed by atoms with Crippen LogP contribution in [0.15, 0.2) is 24.8 Å². The van der Waals surface area contributed by atoms with Crippen LogP contribution in [0.3, 0.4) is 0 Å². The van der Waals surface area contributed by atoms with Crippen LogP contribution in [0.4, 0.5) is 11.6 Å². The molecule has 9 heteroatoms. The van der Waals surface area contributed by atoms with Crippen molar-refractivity contribution in [2.45, 2.75) is 39.2 Å². The lowest BCUT2D eigenvalue weighted by molar-refractivity contribution is 0.141. The molecule has 0 amide bonds. The van der Waals surface area contributed by atoms with Crippen LogP contribution in [0.2, 0.25) is 0 Å². The second kappa shape index (κ2) is 6.83. The molecule has 1 unspecified atom stereocenters. The smallest absolute Gasteiger partial charge is 0.229 e. The molecule has 0 aliphatic carbocycles. The van der Waals surface area contributed by atoms with Crippen LogP contribution in [0.25, 0.3) is 16.7 Å². The molecule has 4 aromatic rings. The van der Waals surface area contributed by atoms with Gasteiger partial charge in [0.05, 0.1) is 29.0 Å². The van der Waals surface area contributed by atoms with Crippen molar-refractivity contribution in [3.05, 3.63) is 36.0 Å². The van der Waals surface area contributed by atoms with Gasteiger partial charge in [0, 0.05) is 19.4 Å². The number of hydrogen-bond donors (Lipinski definition) is 1. The number of ether oxygens (including phenoxy) is 1. The molecule has 28 heavy (non-hydrogen) atoms. The molecule has 1 atom stereocenters. The molecule has 1 fully saturated rings. The molecule has 1 saturated heterocycles. The Morgan fingerprint density at radius 1 is 1.18 bits per heavy atom. The van der Waals surface area contributed by atoms with Gasteiger partial charge in [-0.3, -0.25) is 0 Å². The molecular formula is C19H22N8O. The Labute approximate surface area is 161 Å². The van der Waals surface area contributed by atoms with E-state index in [1.54, 1.807) is 10.8 Å². The molecule has 5 heterocycles. The molecule has 0 spiro atoms. The topological polar surface area (TPSA) is 95.1 Å². The maximum absolute atomic E-state index is 5.61. The molecule has 1 N–H and O–H groups in total. The van der Waals surface area contributed by atoms with Gasteiger partial charge >= 0.3 is 0 Å². The summed E-state index contributed by atoms with van der Waals surface area (Å²) in [6.07, 6.45) is 8.32. The van der Waals surface area contributed by atoms with Crippen molar-refractivity contribution in [3.63, 3.8) is 0 Å². The fraction of sp³-hybridized carbons (Fsp3) is 0.421. The summed E-state index contributed by atoms with van der Waals surface area (Å²) in [6.45, 7) is 5.61. The molecule has 0 saturated carbocycles. The highest BCUT2D eigenvalue weighted by atomic mass is 16.5. The van der Waals surface area contributed by atoms with Crippen LogP contribution in [-0.4, -0.2) is 47.6 Å². The van der Waals surface area contributed by atoms with Gasteiger partial charge in [-0.05, 0) is 44.7 Å². The van der Waals surface area contributed by atoms with Gasteiger partial charge < -0.3 is 10.1 Å². The second-order valence-electron chi connectivity index (χ2n) is 7.22. The van der Waals surface area contributed by atoms with Crippen LogP contribution in [0, 0.1) is 13.8 Å². The van der Waals surface area contributed by atoms with E-state index >= 15 is 0 Å². The normalized spacial score (nSPS) is 17.9. The summed E-state index contributed by atoms with van der Waals surface area (Å²) in [7, 11) is 0. The van der Waals surface area contributed by atoms with E-state index in [-0.39, 0.29) is 0 Å². The number of rotatable bonds is 3. The monoisotopic (exact) mass is 378 g/mol. The van der Waals surface area contributed by atoms with E-state index < -0.39 is 0 Å². The summed E-state index contributed by atoms with van der Waals surface area (Å²) in [4.78, 5) is 13.5. The van der Waals surface area contributed by atoms with Crippen LogP contribution < -0.4 is 5.32 Å². The van der Waals surface area contributed by atoms with Crippen LogP contribution in [-0.2, 0) is 4.74 Å². The Kier molecular flexibility index (Phi) is 4.16. The lowest BCUT2D eigenvalue weighted by Gasteiger charge is -2.15. The first-order chi connectivity index (χ1) is 13.7. The molecule has 1 aliphatic heterocycles. The summed E-state index contributed by atoms with van der Waals surface area (Å²) in [5, 5.41) is 13.3. The Balaban J connectivity index is 1.53. The first-order valence-corrected chi connectivity index (χ1v) is 9.55. The molecule has 0 bridgehead atoms. The number of aryl methyl sites for hydroxylation is 2. The quantitative estimate of drug-likeness (QED) is 0.585.